The quantitative estimate of drug-likeness (QED) is 0.840. The summed E-state index contributed by atoms with van der Waals surface area (Å²) in [5, 5.41) is 9.64. The molecule has 3 rings (SSSR count). The van der Waals surface area contributed by atoms with E-state index in [0.29, 0.717) is 12.2 Å². The molecular formula is C15H17NO4. The minimum Gasteiger partial charge on any atom is -0.496 e. The number of piperidine rings is 1. The lowest BCUT2D eigenvalue weighted by Gasteiger charge is -2.19. The maximum absolute atomic E-state index is 12.0. The monoisotopic (exact) mass is 275 g/mol. The van der Waals surface area contributed by atoms with Gasteiger partial charge in [-0.25, -0.2) is 0 Å². The number of imide groups is 1. The zero-order valence-electron chi connectivity index (χ0n) is 11.5. The van der Waals surface area contributed by atoms with Crippen LogP contribution in [0, 0.1) is 11.8 Å². The first-order valence-corrected chi connectivity index (χ1v) is 6.73. The molecule has 1 aromatic carbocycles. The van der Waals surface area contributed by atoms with Crippen molar-refractivity contribution >= 4 is 11.8 Å². The van der Waals surface area contributed by atoms with Crippen molar-refractivity contribution in [3.05, 3.63) is 29.3 Å². The summed E-state index contributed by atoms with van der Waals surface area (Å²) in [6.45, 7) is 1.89. The topological polar surface area (TPSA) is 66.8 Å². The molecule has 1 heterocycles. The van der Waals surface area contributed by atoms with Gasteiger partial charge in [-0.2, -0.15) is 0 Å². The largest absolute Gasteiger partial charge is 0.496 e. The van der Waals surface area contributed by atoms with Gasteiger partial charge in [0.15, 0.2) is 0 Å². The van der Waals surface area contributed by atoms with Gasteiger partial charge in [0.25, 0.3) is 0 Å². The number of methoxy groups -OCH3 is 1. The average Bonchev–Trinajstić information content (AvgIpc) is 3.19. The van der Waals surface area contributed by atoms with E-state index in [1.165, 1.54) is 4.90 Å². The highest BCUT2D eigenvalue weighted by Crippen LogP contribution is 2.47. The van der Waals surface area contributed by atoms with Crippen molar-refractivity contribution in [2.45, 2.75) is 26.0 Å². The number of hydrogen-bond donors (Lipinski definition) is 1. The molecule has 0 spiro atoms. The lowest BCUT2D eigenvalue weighted by molar-refractivity contribution is -0.142. The second-order valence-electron chi connectivity index (χ2n) is 5.46. The van der Waals surface area contributed by atoms with Crippen LogP contribution in [0.3, 0.4) is 0 Å². The zero-order chi connectivity index (χ0) is 14.4. The normalized spacial score (nSPS) is 25.6. The molecule has 5 nitrogen and oxygen atoms in total. The van der Waals surface area contributed by atoms with Crippen LogP contribution in [-0.2, 0) is 16.1 Å². The van der Waals surface area contributed by atoms with Crippen molar-refractivity contribution in [3.63, 3.8) is 0 Å². The van der Waals surface area contributed by atoms with Crippen LogP contribution >= 0.6 is 0 Å². The molecular weight excluding hydrogens is 258 g/mol. The van der Waals surface area contributed by atoms with Crippen LogP contribution in [-0.4, -0.2) is 28.9 Å². The van der Waals surface area contributed by atoms with E-state index in [1.807, 2.05) is 0 Å². The Morgan fingerprint density at radius 3 is 2.55 bits per heavy atom. The molecule has 2 aliphatic rings. The molecule has 2 amide bonds. The van der Waals surface area contributed by atoms with Crippen molar-refractivity contribution in [1.82, 2.24) is 4.90 Å². The minimum atomic E-state index is -0.599. The Bertz CT molecular complexity index is 561. The molecule has 5 heteroatoms. The van der Waals surface area contributed by atoms with E-state index < -0.39 is 6.10 Å². The molecule has 0 radical (unpaired) electrons. The number of rotatable bonds is 4. The van der Waals surface area contributed by atoms with E-state index >= 15 is 0 Å². The van der Waals surface area contributed by atoms with Crippen LogP contribution in [0.4, 0.5) is 0 Å². The molecule has 2 fully saturated rings. The Hall–Kier alpha value is -1.88. The van der Waals surface area contributed by atoms with Crippen molar-refractivity contribution in [2.24, 2.45) is 11.8 Å². The highest BCUT2D eigenvalue weighted by Gasteiger charge is 2.58. The van der Waals surface area contributed by atoms with E-state index in [-0.39, 0.29) is 30.2 Å². The smallest absolute Gasteiger partial charge is 0.233 e. The van der Waals surface area contributed by atoms with E-state index in [1.54, 1.807) is 32.2 Å². The molecule has 106 valence electrons. The van der Waals surface area contributed by atoms with Gasteiger partial charge in [0.05, 0.1) is 31.6 Å². The number of likely N-dealkylation sites (tertiary alicyclic amines) is 1. The standard InChI is InChI=1S/C15H17NO4/c1-8(17)9-3-4-13(20-2)10(5-9)7-16-14(18)11-6-12(11)15(16)19/h3-5,8,11-12,17H,6-7H2,1-2H3. The molecule has 20 heavy (non-hydrogen) atoms. The second kappa shape index (κ2) is 4.59. The van der Waals surface area contributed by atoms with Gasteiger partial charge in [0, 0.05) is 5.56 Å². The summed E-state index contributed by atoms with van der Waals surface area (Å²) >= 11 is 0. The lowest BCUT2D eigenvalue weighted by Crippen LogP contribution is -2.32. The Kier molecular flexibility index (Phi) is 3.01. The summed E-state index contributed by atoms with van der Waals surface area (Å²) < 4.78 is 5.27. The van der Waals surface area contributed by atoms with Crippen LogP contribution in [0.1, 0.15) is 30.6 Å². The van der Waals surface area contributed by atoms with E-state index in [0.717, 1.165) is 11.1 Å². The first-order chi connectivity index (χ1) is 9.52. The molecule has 1 saturated carbocycles. The van der Waals surface area contributed by atoms with Crippen LogP contribution in [0.25, 0.3) is 0 Å². The summed E-state index contributed by atoms with van der Waals surface area (Å²) in [5.41, 5.74) is 1.49. The van der Waals surface area contributed by atoms with Gasteiger partial charge in [0.2, 0.25) is 11.8 Å². The molecule has 1 aliphatic carbocycles. The van der Waals surface area contributed by atoms with Crippen molar-refractivity contribution in [3.8, 4) is 5.75 Å². The molecule has 3 unspecified atom stereocenters. The predicted octanol–water partition coefficient (Wildman–Crippen LogP) is 1.25. The van der Waals surface area contributed by atoms with Crippen LogP contribution in [0.2, 0.25) is 0 Å². The van der Waals surface area contributed by atoms with Gasteiger partial charge in [-0.1, -0.05) is 6.07 Å². The highest BCUT2D eigenvalue weighted by atomic mass is 16.5. The van der Waals surface area contributed by atoms with Gasteiger partial charge in [-0.15, -0.1) is 0 Å². The molecule has 0 bridgehead atoms. The number of aliphatic hydroxyl groups excluding tert-OH is 1. The third-order valence-electron chi connectivity index (χ3n) is 4.07. The number of nitrogens with zero attached hydrogens (tertiary/aromatic N) is 1. The third kappa shape index (κ3) is 1.98. The second-order valence-corrected chi connectivity index (χ2v) is 5.46. The maximum Gasteiger partial charge on any atom is 0.233 e. The third-order valence-corrected chi connectivity index (χ3v) is 4.07. The molecule has 3 atom stereocenters. The minimum absolute atomic E-state index is 0.0792. The predicted molar refractivity (Wildman–Crippen MR) is 70.8 cm³/mol. The molecule has 1 aromatic rings. The van der Waals surface area contributed by atoms with Crippen molar-refractivity contribution < 1.29 is 19.4 Å². The van der Waals surface area contributed by atoms with Crippen LogP contribution in [0.15, 0.2) is 18.2 Å². The first kappa shape index (κ1) is 13.1. The SMILES string of the molecule is COc1ccc(C(C)O)cc1CN1C(=O)C2CC2C1=O. The van der Waals surface area contributed by atoms with Gasteiger partial charge in [-0.05, 0) is 31.0 Å². The van der Waals surface area contributed by atoms with Crippen LogP contribution < -0.4 is 4.74 Å². The number of ether oxygens (including phenoxy) is 1. The lowest BCUT2D eigenvalue weighted by atomic mass is 10.1. The summed E-state index contributed by atoms with van der Waals surface area (Å²) in [7, 11) is 1.55. The number of amides is 2. The van der Waals surface area contributed by atoms with E-state index in [4.69, 9.17) is 4.74 Å². The number of aliphatic hydroxyl groups is 1. The number of carbonyl (C=O) groups is 2. The maximum atomic E-state index is 12.0. The molecule has 1 saturated heterocycles. The fourth-order valence-electron chi connectivity index (χ4n) is 2.76. The van der Waals surface area contributed by atoms with Crippen LogP contribution in [0.5, 0.6) is 5.75 Å². The average molecular weight is 275 g/mol. The Morgan fingerprint density at radius 1 is 1.35 bits per heavy atom. The summed E-state index contributed by atoms with van der Waals surface area (Å²) in [6.07, 6.45) is 0.108. The molecule has 1 N–H and O–H groups in total. The van der Waals surface area contributed by atoms with E-state index in [2.05, 4.69) is 0 Å². The Labute approximate surface area is 117 Å². The van der Waals surface area contributed by atoms with Gasteiger partial charge in [-0.3, -0.25) is 14.5 Å². The van der Waals surface area contributed by atoms with Crippen molar-refractivity contribution in [2.75, 3.05) is 7.11 Å². The fraction of sp³-hybridized carbons (Fsp3) is 0.467. The van der Waals surface area contributed by atoms with Crippen molar-refractivity contribution in [1.29, 1.82) is 0 Å². The zero-order valence-corrected chi connectivity index (χ0v) is 11.5. The molecule has 0 aromatic heterocycles. The number of benzene rings is 1. The number of carbonyl (C=O) groups excluding carboxylic acids is 2. The van der Waals surface area contributed by atoms with E-state index in [9.17, 15) is 14.7 Å². The van der Waals surface area contributed by atoms with Gasteiger partial charge < -0.3 is 9.84 Å². The summed E-state index contributed by atoms with van der Waals surface area (Å²) in [5.74, 6) is 0.284. The number of hydrogen-bond acceptors (Lipinski definition) is 4. The molecule has 1 aliphatic heterocycles. The van der Waals surface area contributed by atoms with Gasteiger partial charge in [0.1, 0.15) is 5.75 Å². The fourth-order valence-corrected chi connectivity index (χ4v) is 2.76. The highest BCUT2D eigenvalue weighted by molar-refractivity contribution is 6.08. The Balaban J connectivity index is 1.87. The summed E-state index contributed by atoms with van der Waals surface area (Å²) in [4.78, 5) is 25.3. The summed E-state index contributed by atoms with van der Waals surface area (Å²) in [6, 6.07) is 5.31. The Morgan fingerprint density at radius 2 is 2.00 bits per heavy atom. The van der Waals surface area contributed by atoms with Gasteiger partial charge >= 0.3 is 0 Å². The first-order valence-electron chi connectivity index (χ1n) is 6.73. The number of fused-ring (bicyclic) bond motifs is 1.